The molecule has 2 N–H and O–H groups in total. The Labute approximate surface area is 117 Å². The first kappa shape index (κ1) is 14.5. The topological polar surface area (TPSA) is 47.1 Å². The molecule has 2 atom stereocenters. The minimum atomic E-state index is 0.343. The van der Waals surface area contributed by atoms with Crippen LogP contribution in [0.25, 0.3) is 0 Å². The van der Waals surface area contributed by atoms with Gasteiger partial charge in [0.05, 0.1) is 18.1 Å². The van der Waals surface area contributed by atoms with Crippen molar-refractivity contribution in [2.75, 3.05) is 19.6 Å². The van der Waals surface area contributed by atoms with E-state index in [1.165, 1.54) is 38.0 Å². The molecule has 1 aromatic rings. The number of aryl methyl sites for hydroxylation is 1. The van der Waals surface area contributed by atoms with Crippen LogP contribution >= 0.6 is 0 Å². The monoisotopic (exact) mass is 264 g/mol. The van der Waals surface area contributed by atoms with Crippen molar-refractivity contribution in [1.82, 2.24) is 14.5 Å². The zero-order chi connectivity index (χ0) is 13.7. The number of nitrogens with two attached hydrogens (primary N) is 1. The second kappa shape index (κ2) is 7.06. The van der Waals surface area contributed by atoms with E-state index >= 15 is 0 Å². The van der Waals surface area contributed by atoms with Gasteiger partial charge in [-0.2, -0.15) is 0 Å². The third-order valence-electron chi connectivity index (χ3n) is 4.23. The van der Waals surface area contributed by atoms with Crippen LogP contribution in [0.5, 0.6) is 0 Å². The van der Waals surface area contributed by atoms with Crippen molar-refractivity contribution in [3.05, 3.63) is 18.2 Å². The predicted molar refractivity (Wildman–Crippen MR) is 78.9 cm³/mol. The number of imidazole rings is 1. The second-order valence-electron chi connectivity index (χ2n) is 5.70. The maximum Gasteiger partial charge on any atom is 0.0948 e. The van der Waals surface area contributed by atoms with E-state index in [1.807, 2.05) is 12.5 Å². The second-order valence-corrected chi connectivity index (χ2v) is 5.70. The van der Waals surface area contributed by atoms with Gasteiger partial charge in [-0.05, 0) is 31.7 Å². The summed E-state index contributed by atoms with van der Waals surface area (Å²) in [5.74, 6) is 0.863. The van der Waals surface area contributed by atoms with Crippen LogP contribution in [0.3, 0.4) is 0 Å². The fourth-order valence-electron chi connectivity index (χ4n) is 3.28. The Morgan fingerprint density at radius 2 is 2.26 bits per heavy atom. The largest absolute Gasteiger partial charge is 0.333 e. The van der Waals surface area contributed by atoms with Gasteiger partial charge in [-0.1, -0.05) is 20.3 Å². The highest BCUT2D eigenvalue weighted by molar-refractivity contribution is 5.07. The maximum absolute atomic E-state index is 6.05. The fraction of sp³-hybridized carbons (Fsp3) is 0.800. The average molecular weight is 264 g/mol. The summed E-state index contributed by atoms with van der Waals surface area (Å²) in [4.78, 5) is 6.88. The molecule has 4 heteroatoms. The number of hydrogen-bond acceptors (Lipinski definition) is 3. The Morgan fingerprint density at radius 1 is 1.42 bits per heavy atom. The van der Waals surface area contributed by atoms with Gasteiger partial charge in [0.15, 0.2) is 0 Å². The Balaban J connectivity index is 2.05. The van der Waals surface area contributed by atoms with Crippen LogP contribution in [0.15, 0.2) is 12.5 Å². The predicted octanol–water partition coefficient (Wildman–Crippen LogP) is 2.41. The lowest BCUT2D eigenvalue weighted by atomic mass is 10.0. The van der Waals surface area contributed by atoms with Crippen LogP contribution in [0.1, 0.15) is 51.3 Å². The molecule has 4 nitrogen and oxygen atoms in total. The van der Waals surface area contributed by atoms with Crippen molar-refractivity contribution in [1.29, 1.82) is 0 Å². The summed E-state index contributed by atoms with van der Waals surface area (Å²) in [6.07, 6.45) is 9.05. The standard InChI is InChI=1S/C15H28N4/c1-3-5-13-6-8-18(11-13)14(9-16)15-10-17-12-19(15)7-4-2/h10,12-14H,3-9,11,16H2,1-2H3. The van der Waals surface area contributed by atoms with Crippen LogP contribution in [0, 0.1) is 5.92 Å². The quantitative estimate of drug-likeness (QED) is 0.822. The van der Waals surface area contributed by atoms with E-state index in [0.29, 0.717) is 12.6 Å². The van der Waals surface area contributed by atoms with Gasteiger partial charge in [-0.15, -0.1) is 0 Å². The van der Waals surface area contributed by atoms with Gasteiger partial charge in [0.25, 0.3) is 0 Å². The van der Waals surface area contributed by atoms with Crippen LogP contribution < -0.4 is 5.73 Å². The van der Waals surface area contributed by atoms with E-state index in [9.17, 15) is 0 Å². The van der Waals surface area contributed by atoms with Gasteiger partial charge in [-0.25, -0.2) is 4.98 Å². The molecule has 2 rings (SSSR count). The molecule has 0 spiro atoms. The van der Waals surface area contributed by atoms with Gasteiger partial charge in [0.2, 0.25) is 0 Å². The van der Waals surface area contributed by atoms with Gasteiger partial charge in [0.1, 0.15) is 0 Å². The average Bonchev–Trinajstić information content (AvgIpc) is 3.03. The third kappa shape index (κ3) is 3.37. The highest BCUT2D eigenvalue weighted by Crippen LogP contribution is 2.29. The summed E-state index contributed by atoms with van der Waals surface area (Å²) in [5, 5.41) is 0. The molecular formula is C15H28N4. The fourth-order valence-corrected chi connectivity index (χ4v) is 3.28. The van der Waals surface area contributed by atoms with E-state index in [-0.39, 0.29) is 0 Å². The molecule has 1 aliphatic heterocycles. The van der Waals surface area contributed by atoms with Crippen molar-refractivity contribution >= 4 is 0 Å². The summed E-state index contributed by atoms with van der Waals surface area (Å²) in [7, 11) is 0. The number of hydrogen-bond donors (Lipinski definition) is 1. The van der Waals surface area contributed by atoms with Gasteiger partial charge in [-0.3, -0.25) is 4.90 Å². The van der Waals surface area contributed by atoms with E-state index < -0.39 is 0 Å². The van der Waals surface area contributed by atoms with Gasteiger partial charge in [0, 0.05) is 25.8 Å². The zero-order valence-electron chi connectivity index (χ0n) is 12.4. The molecule has 0 amide bonds. The van der Waals surface area contributed by atoms with Crippen LogP contribution in [0.2, 0.25) is 0 Å². The summed E-state index contributed by atoms with van der Waals surface area (Å²) in [5.41, 5.74) is 7.34. The lowest BCUT2D eigenvalue weighted by Gasteiger charge is -2.27. The maximum atomic E-state index is 6.05. The molecule has 0 aliphatic carbocycles. The van der Waals surface area contributed by atoms with E-state index in [4.69, 9.17) is 5.73 Å². The number of likely N-dealkylation sites (tertiary alicyclic amines) is 1. The molecule has 2 heterocycles. The zero-order valence-corrected chi connectivity index (χ0v) is 12.4. The van der Waals surface area contributed by atoms with Crippen LogP contribution in [-0.2, 0) is 6.54 Å². The lowest BCUT2D eigenvalue weighted by Crippen LogP contribution is -2.33. The summed E-state index contributed by atoms with van der Waals surface area (Å²) in [6.45, 7) is 8.59. The molecular weight excluding hydrogens is 236 g/mol. The van der Waals surface area contributed by atoms with Crippen molar-refractivity contribution in [3.63, 3.8) is 0 Å². The van der Waals surface area contributed by atoms with Crippen molar-refractivity contribution in [3.8, 4) is 0 Å². The van der Waals surface area contributed by atoms with Gasteiger partial charge >= 0.3 is 0 Å². The molecule has 1 aliphatic rings. The number of nitrogens with zero attached hydrogens (tertiary/aromatic N) is 3. The summed E-state index contributed by atoms with van der Waals surface area (Å²) in [6, 6.07) is 0.343. The highest BCUT2D eigenvalue weighted by atomic mass is 15.2. The lowest BCUT2D eigenvalue weighted by molar-refractivity contribution is 0.230. The van der Waals surface area contributed by atoms with Crippen molar-refractivity contribution in [2.24, 2.45) is 11.7 Å². The first-order valence-electron chi connectivity index (χ1n) is 7.74. The molecule has 2 unspecified atom stereocenters. The van der Waals surface area contributed by atoms with Crippen molar-refractivity contribution < 1.29 is 0 Å². The SMILES string of the molecule is CCCC1CCN(C(CN)c2cncn2CCC)C1. The van der Waals surface area contributed by atoms with E-state index in [2.05, 4.69) is 28.3 Å². The van der Waals surface area contributed by atoms with E-state index in [1.54, 1.807) is 0 Å². The highest BCUT2D eigenvalue weighted by Gasteiger charge is 2.29. The number of rotatable bonds is 7. The molecule has 0 radical (unpaired) electrons. The van der Waals surface area contributed by atoms with E-state index in [0.717, 1.165) is 18.9 Å². The Bertz CT molecular complexity index is 374. The molecule has 1 saturated heterocycles. The Morgan fingerprint density at radius 3 is 2.95 bits per heavy atom. The molecule has 108 valence electrons. The van der Waals surface area contributed by atoms with Crippen LogP contribution in [0.4, 0.5) is 0 Å². The summed E-state index contributed by atoms with van der Waals surface area (Å²) >= 11 is 0. The van der Waals surface area contributed by atoms with Gasteiger partial charge < -0.3 is 10.3 Å². The molecule has 1 fully saturated rings. The first-order chi connectivity index (χ1) is 9.30. The minimum absolute atomic E-state index is 0.343. The molecule has 1 aromatic heterocycles. The molecule has 0 aromatic carbocycles. The minimum Gasteiger partial charge on any atom is -0.333 e. The van der Waals surface area contributed by atoms with Crippen LogP contribution in [-0.4, -0.2) is 34.1 Å². The summed E-state index contributed by atoms with van der Waals surface area (Å²) < 4.78 is 2.27. The number of aromatic nitrogens is 2. The Kier molecular flexibility index (Phi) is 5.40. The third-order valence-corrected chi connectivity index (χ3v) is 4.23. The molecule has 0 saturated carbocycles. The van der Waals surface area contributed by atoms with Crippen molar-refractivity contribution in [2.45, 2.75) is 52.1 Å². The molecule has 0 bridgehead atoms. The normalized spacial score (nSPS) is 21.9. The first-order valence-corrected chi connectivity index (χ1v) is 7.74. The smallest absolute Gasteiger partial charge is 0.0948 e. The Hall–Kier alpha value is -0.870. The molecule has 19 heavy (non-hydrogen) atoms.